The molecule has 7 heteroatoms. The molecule has 1 amide bonds. The van der Waals surface area contributed by atoms with Crippen LogP contribution in [-0.4, -0.2) is 20.9 Å². The first-order valence-corrected chi connectivity index (χ1v) is 8.57. The molecule has 3 aromatic heterocycles. The number of nitrogens with one attached hydrogen (secondary N) is 1. The number of anilines is 1. The van der Waals surface area contributed by atoms with Gasteiger partial charge >= 0.3 is 0 Å². The van der Waals surface area contributed by atoms with Crippen LogP contribution in [0.25, 0.3) is 10.7 Å². The largest absolute Gasteiger partial charge is 0.324 e. The molecule has 5 nitrogen and oxygen atoms in total. The Kier molecular flexibility index (Phi) is 4.78. The highest BCUT2D eigenvalue weighted by Gasteiger charge is 2.11. The SMILES string of the molecule is Cc1cc(Br)ncc1NC(=O)Cc1csc(-c2ccccn2)n1. The number of hydrogen-bond acceptors (Lipinski definition) is 5. The third kappa shape index (κ3) is 4.00. The summed E-state index contributed by atoms with van der Waals surface area (Å²) in [6.45, 7) is 1.92. The van der Waals surface area contributed by atoms with Gasteiger partial charge in [0, 0.05) is 11.6 Å². The molecular weight excluding hydrogens is 376 g/mol. The van der Waals surface area contributed by atoms with Crippen LogP contribution in [0.15, 0.2) is 46.6 Å². The summed E-state index contributed by atoms with van der Waals surface area (Å²) < 4.78 is 0.743. The van der Waals surface area contributed by atoms with Crippen LogP contribution in [0.3, 0.4) is 0 Å². The van der Waals surface area contributed by atoms with Crippen LogP contribution in [0.4, 0.5) is 5.69 Å². The molecule has 0 radical (unpaired) electrons. The van der Waals surface area contributed by atoms with E-state index in [1.807, 2.05) is 36.6 Å². The average Bonchev–Trinajstić information content (AvgIpc) is 2.99. The van der Waals surface area contributed by atoms with Gasteiger partial charge in [0.1, 0.15) is 9.61 Å². The Morgan fingerprint density at radius 2 is 2.22 bits per heavy atom. The molecule has 0 aliphatic carbocycles. The van der Waals surface area contributed by atoms with Crippen molar-refractivity contribution in [1.29, 1.82) is 0 Å². The molecule has 23 heavy (non-hydrogen) atoms. The Morgan fingerprint density at radius 3 is 2.96 bits per heavy atom. The highest BCUT2D eigenvalue weighted by atomic mass is 79.9. The molecule has 116 valence electrons. The zero-order chi connectivity index (χ0) is 16.2. The molecule has 3 rings (SSSR count). The first-order valence-electron chi connectivity index (χ1n) is 6.89. The van der Waals surface area contributed by atoms with Crippen LogP contribution >= 0.6 is 27.3 Å². The fraction of sp³-hybridized carbons (Fsp3) is 0.125. The summed E-state index contributed by atoms with van der Waals surface area (Å²) in [4.78, 5) is 25.0. The quantitative estimate of drug-likeness (QED) is 0.689. The lowest BCUT2D eigenvalue weighted by Gasteiger charge is -2.07. The van der Waals surface area contributed by atoms with E-state index in [1.165, 1.54) is 11.3 Å². The van der Waals surface area contributed by atoms with Gasteiger partial charge < -0.3 is 5.32 Å². The number of pyridine rings is 2. The van der Waals surface area contributed by atoms with Crippen LogP contribution < -0.4 is 5.32 Å². The molecule has 1 N–H and O–H groups in total. The fourth-order valence-electron chi connectivity index (χ4n) is 2.01. The molecule has 0 aromatic carbocycles. The summed E-state index contributed by atoms with van der Waals surface area (Å²) in [5, 5.41) is 5.56. The van der Waals surface area contributed by atoms with Gasteiger partial charge in [-0.2, -0.15) is 0 Å². The van der Waals surface area contributed by atoms with E-state index in [9.17, 15) is 4.79 Å². The molecule has 0 aliphatic heterocycles. The lowest BCUT2D eigenvalue weighted by molar-refractivity contribution is -0.115. The predicted molar refractivity (Wildman–Crippen MR) is 94.4 cm³/mol. The van der Waals surface area contributed by atoms with Crippen molar-refractivity contribution in [3.8, 4) is 10.7 Å². The number of aromatic nitrogens is 3. The molecule has 0 fully saturated rings. The van der Waals surface area contributed by atoms with Crippen molar-refractivity contribution in [1.82, 2.24) is 15.0 Å². The van der Waals surface area contributed by atoms with Crippen LogP contribution in [-0.2, 0) is 11.2 Å². The van der Waals surface area contributed by atoms with Gasteiger partial charge in [0.05, 0.1) is 29.7 Å². The van der Waals surface area contributed by atoms with E-state index in [2.05, 4.69) is 36.2 Å². The second-order valence-electron chi connectivity index (χ2n) is 4.91. The Labute approximate surface area is 146 Å². The van der Waals surface area contributed by atoms with Gasteiger partial charge in [-0.1, -0.05) is 6.07 Å². The Hall–Kier alpha value is -2.12. The van der Waals surface area contributed by atoms with E-state index in [4.69, 9.17) is 0 Å². The van der Waals surface area contributed by atoms with Crippen molar-refractivity contribution in [3.05, 3.63) is 57.9 Å². The van der Waals surface area contributed by atoms with Gasteiger partial charge in [-0.25, -0.2) is 9.97 Å². The Bertz CT molecular complexity index is 835. The average molecular weight is 389 g/mol. The number of nitrogens with zero attached hydrogens (tertiary/aromatic N) is 3. The fourth-order valence-corrected chi connectivity index (χ4v) is 3.25. The number of thiazole rings is 1. The van der Waals surface area contributed by atoms with Gasteiger partial charge in [-0.15, -0.1) is 11.3 Å². The molecule has 0 unspecified atom stereocenters. The summed E-state index contributed by atoms with van der Waals surface area (Å²) in [7, 11) is 0. The first kappa shape index (κ1) is 15.8. The minimum atomic E-state index is -0.116. The molecule has 0 saturated carbocycles. The van der Waals surface area contributed by atoms with Crippen LogP contribution in [0, 0.1) is 6.92 Å². The predicted octanol–water partition coefficient (Wildman–Crippen LogP) is 3.85. The number of carbonyl (C=O) groups is 1. The molecule has 0 atom stereocenters. The minimum Gasteiger partial charge on any atom is -0.324 e. The summed E-state index contributed by atoms with van der Waals surface area (Å²) >= 11 is 4.79. The summed E-state index contributed by atoms with van der Waals surface area (Å²) in [5.74, 6) is -0.116. The van der Waals surface area contributed by atoms with Crippen LogP contribution in [0.2, 0.25) is 0 Å². The van der Waals surface area contributed by atoms with E-state index < -0.39 is 0 Å². The maximum Gasteiger partial charge on any atom is 0.230 e. The first-order chi connectivity index (χ1) is 11.1. The van der Waals surface area contributed by atoms with Crippen molar-refractivity contribution in [2.75, 3.05) is 5.32 Å². The summed E-state index contributed by atoms with van der Waals surface area (Å²) in [6, 6.07) is 7.54. The monoisotopic (exact) mass is 388 g/mol. The van der Waals surface area contributed by atoms with Crippen molar-refractivity contribution >= 4 is 38.9 Å². The maximum atomic E-state index is 12.2. The van der Waals surface area contributed by atoms with Crippen molar-refractivity contribution in [2.24, 2.45) is 0 Å². The minimum absolute atomic E-state index is 0.116. The summed E-state index contributed by atoms with van der Waals surface area (Å²) in [5.41, 5.74) is 3.21. The molecule has 0 spiro atoms. The van der Waals surface area contributed by atoms with Gasteiger partial charge in [-0.3, -0.25) is 9.78 Å². The molecular formula is C16H13BrN4OS. The molecule has 0 bridgehead atoms. The van der Waals surface area contributed by atoms with Gasteiger partial charge in [0.25, 0.3) is 0 Å². The molecule has 3 aromatic rings. The Morgan fingerprint density at radius 1 is 1.35 bits per heavy atom. The van der Waals surface area contributed by atoms with Crippen molar-refractivity contribution in [3.63, 3.8) is 0 Å². The van der Waals surface area contributed by atoms with E-state index in [0.29, 0.717) is 5.69 Å². The number of hydrogen-bond donors (Lipinski definition) is 1. The van der Waals surface area contributed by atoms with E-state index in [1.54, 1.807) is 12.4 Å². The zero-order valence-corrected chi connectivity index (χ0v) is 14.7. The standard InChI is InChI=1S/C16H13BrN4OS/c1-10-6-14(17)19-8-13(10)21-15(22)7-11-9-23-16(20-11)12-4-2-3-5-18-12/h2-6,8-9H,7H2,1H3,(H,21,22). The normalized spacial score (nSPS) is 10.5. The third-order valence-electron chi connectivity index (χ3n) is 3.13. The number of carbonyl (C=O) groups excluding carboxylic acids is 1. The topological polar surface area (TPSA) is 67.8 Å². The molecule has 0 saturated heterocycles. The van der Waals surface area contributed by atoms with E-state index in [0.717, 1.165) is 26.6 Å². The van der Waals surface area contributed by atoms with Crippen molar-refractivity contribution in [2.45, 2.75) is 13.3 Å². The van der Waals surface area contributed by atoms with E-state index >= 15 is 0 Å². The smallest absolute Gasteiger partial charge is 0.230 e. The van der Waals surface area contributed by atoms with Crippen LogP contribution in [0.5, 0.6) is 0 Å². The number of amides is 1. The highest BCUT2D eigenvalue weighted by Crippen LogP contribution is 2.22. The maximum absolute atomic E-state index is 12.2. The molecule has 3 heterocycles. The number of rotatable bonds is 4. The lowest BCUT2D eigenvalue weighted by atomic mass is 10.2. The van der Waals surface area contributed by atoms with Crippen molar-refractivity contribution < 1.29 is 4.79 Å². The third-order valence-corrected chi connectivity index (χ3v) is 4.48. The second-order valence-corrected chi connectivity index (χ2v) is 6.58. The Balaban J connectivity index is 1.68. The van der Waals surface area contributed by atoms with E-state index in [-0.39, 0.29) is 12.3 Å². The summed E-state index contributed by atoms with van der Waals surface area (Å²) in [6.07, 6.45) is 3.59. The zero-order valence-electron chi connectivity index (χ0n) is 12.3. The van der Waals surface area contributed by atoms with Crippen LogP contribution in [0.1, 0.15) is 11.3 Å². The van der Waals surface area contributed by atoms with Gasteiger partial charge in [-0.05, 0) is 46.6 Å². The second kappa shape index (κ2) is 6.97. The number of aryl methyl sites for hydroxylation is 1. The highest BCUT2D eigenvalue weighted by molar-refractivity contribution is 9.10. The lowest BCUT2D eigenvalue weighted by Crippen LogP contribution is -2.15. The van der Waals surface area contributed by atoms with Gasteiger partial charge in [0.15, 0.2) is 0 Å². The molecule has 0 aliphatic rings. The van der Waals surface area contributed by atoms with Gasteiger partial charge in [0.2, 0.25) is 5.91 Å². The number of halogens is 1.